The van der Waals surface area contributed by atoms with Crippen LogP contribution in [-0.4, -0.2) is 9.78 Å². The van der Waals surface area contributed by atoms with Gasteiger partial charge in [0.05, 0.1) is 0 Å². The maximum absolute atomic E-state index is 5.48. The summed E-state index contributed by atoms with van der Waals surface area (Å²) in [5, 5.41) is 4.03. The van der Waals surface area contributed by atoms with Gasteiger partial charge in [0.25, 0.3) is 0 Å². The molecule has 0 aliphatic heterocycles. The molecule has 3 nitrogen and oxygen atoms in total. The molecule has 2 N–H and O–H groups in total. The average Bonchev–Trinajstić information content (AvgIpc) is 2.63. The molecule has 0 saturated carbocycles. The van der Waals surface area contributed by atoms with Crippen molar-refractivity contribution < 1.29 is 0 Å². The maximum atomic E-state index is 5.48. The first-order valence-corrected chi connectivity index (χ1v) is 4.38. The van der Waals surface area contributed by atoms with Crippen molar-refractivity contribution in [3.8, 4) is 0 Å². The fourth-order valence-electron chi connectivity index (χ4n) is 1.16. The molecule has 0 saturated heterocycles. The van der Waals surface area contributed by atoms with E-state index >= 15 is 0 Å². The smallest absolute Gasteiger partial charge is 0.145 e. The van der Waals surface area contributed by atoms with Crippen LogP contribution in [0.3, 0.4) is 0 Å². The van der Waals surface area contributed by atoms with Gasteiger partial charge in [-0.25, -0.2) is 4.68 Å². The monoisotopic (exact) mass is 185 g/mol. The fourth-order valence-corrected chi connectivity index (χ4v) is 1.16. The second kappa shape index (κ2) is 3.79. The van der Waals surface area contributed by atoms with E-state index < -0.39 is 0 Å². The summed E-state index contributed by atoms with van der Waals surface area (Å²) in [5.74, 6) is 0.530. The van der Waals surface area contributed by atoms with Crippen molar-refractivity contribution in [2.75, 3.05) is 5.73 Å². The molecule has 0 aliphatic rings. The number of hydrogen-bond acceptors (Lipinski definition) is 2. The Morgan fingerprint density at radius 1 is 1.14 bits per heavy atom. The Hall–Kier alpha value is -2.03. The van der Waals surface area contributed by atoms with E-state index in [0.717, 1.165) is 5.56 Å². The van der Waals surface area contributed by atoms with Gasteiger partial charge in [-0.15, -0.1) is 0 Å². The molecule has 2 aromatic rings. The number of benzene rings is 1. The standard InChI is InChI=1S/C11H11N3/c12-11-7-9-14(13-11)8-6-10-4-2-1-3-5-10/h1-9H,(H2,12,13). The zero-order valence-electron chi connectivity index (χ0n) is 7.67. The topological polar surface area (TPSA) is 43.8 Å². The van der Waals surface area contributed by atoms with E-state index in [2.05, 4.69) is 5.10 Å². The van der Waals surface area contributed by atoms with E-state index in [1.807, 2.05) is 48.8 Å². The molecule has 70 valence electrons. The first-order valence-electron chi connectivity index (χ1n) is 4.38. The number of rotatable bonds is 2. The minimum atomic E-state index is 0.530. The molecule has 0 amide bonds. The number of anilines is 1. The van der Waals surface area contributed by atoms with Crippen LogP contribution in [0.1, 0.15) is 5.56 Å². The molecule has 0 spiro atoms. The Morgan fingerprint density at radius 3 is 2.57 bits per heavy atom. The molecule has 0 radical (unpaired) electrons. The third-order valence-corrected chi connectivity index (χ3v) is 1.85. The molecular formula is C11H11N3. The number of hydrogen-bond donors (Lipinski definition) is 1. The Kier molecular flexibility index (Phi) is 2.32. The average molecular weight is 185 g/mol. The van der Waals surface area contributed by atoms with Gasteiger partial charge >= 0.3 is 0 Å². The Bertz CT molecular complexity index is 429. The van der Waals surface area contributed by atoms with E-state index in [-0.39, 0.29) is 0 Å². The van der Waals surface area contributed by atoms with E-state index in [1.54, 1.807) is 10.7 Å². The molecule has 14 heavy (non-hydrogen) atoms. The lowest BCUT2D eigenvalue weighted by Gasteiger charge is -1.92. The number of nitrogen functional groups attached to an aromatic ring is 1. The summed E-state index contributed by atoms with van der Waals surface area (Å²) in [4.78, 5) is 0. The van der Waals surface area contributed by atoms with Crippen LogP contribution in [0.15, 0.2) is 42.6 Å². The highest BCUT2D eigenvalue weighted by Gasteiger charge is 1.88. The van der Waals surface area contributed by atoms with Crippen LogP contribution in [0, 0.1) is 0 Å². The van der Waals surface area contributed by atoms with Crippen molar-refractivity contribution in [1.29, 1.82) is 0 Å². The number of nitrogens with two attached hydrogens (primary N) is 1. The van der Waals surface area contributed by atoms with Crippen LogP contribution in [0.2, 0.25) is 0 Å². The van der Waals surface area contributed by atoms with Gasteiger partial charge in [-0.3, -0.25) is 0 Å². The van der Waals surface area contributed by atoms with Crippen LogP contribution < -0.4 is 5.73 Å². The molecule has 3 heteroatoms. The van der Waals surface area contributed by atoms with Crippen LogP contribution in [0.4, 0.5) is 5.82 Å². The Balaban J connectivity index is 2.15. The first-order chi connectivity index (χ1) is 6.84. The summed E-state index contributed by atoms with van der Waals surface area (Å²) in [7, 11) is 0. The second-order valence-electron chi connectivity index (χ2n) is 2.95. The molecule has 0 aliphatic carbocycles. The molecule has 1 aromatic carbocycles. The van der Waals surface area contributed by atoms with Crippen molar-refractivity contribution in [3.63, 3.8) is 0 Å². The minimum Gasteiger partial charge on any atom is -0.382 e. The zero-order valence-corrected chi connectivity index (χ0v) is 7.67. The molecule has 2 rings (SSSR count). The largest absolute Gasteiger partial charge is 0.382 e. The lowest BCUT2D eigenvalue weighted by molar-refractivity contribution is 0.944. The van der Waals surface area contributed by atoms with Crippen LogP contribution in [0.25, 0.3) is 12.3 Å². The second-order valence-corrected chi connectivity index (χ2v) is 2.95. The van der Waals surface area contributed by atoms with Crippen LogP contribution in [0.5, 0.6) is 0 Å². The predicted molar refractivity (Wildman–Crippen MR) is 58.3 cm³/mol. The third-order valence-electron chi connectivity index (χ3n) is 1.85. The summed E-state index contributed by atoms with van der Waals surface area (Å²) >= 11 is 0. The van der Waals surface area contributed by atoms with E-state index in [9.17, 15) is 0 Å². The third kappa shape index (κ3) is 2.01. The molecule has 0 fully saturated rings. The lowest BCUT2D eigenvalue weighted by atomic mass is 10.2. The molecule has 0 unspecified atom stereocenters. The molecule has 0 bridgehead atoms. The van der Waals surface area contributed by atoms with Crippen molar-refractivity contribution in [3.05, 3.63) is 48.2 Å². The van der Waals surface area contributed by atoms with Gasteiger partial charge in [-0.1, -0.05) is 30.3 Å². The van der Waals surface area contributed by atoms with E-state index in [4.69, 9.17) is 5.73 Å². The summed E-state index contributed by atoms with van der Waals surface area (Å²) in [6.07, 6.45) is 5.66. The lowest BCUT2D eigenvalue weighted by Crippen LogP contribution is -1.89. The number of aromatic nitrogens is 2. The summed E-state index contributed by atoms with van der Waals surface area (Å²) in [6.45, 7) is 0. The molecular weight excluding hydrogens is 174 g/mol. The highest BCUT2D eigenvalue weighted by atomic mass is 15.3. The first kappa shape index (κ1) is 8.56. The van der Waals surface area contributed by atoms with Crippen molar-refractivity contribution in [1.82, 2.24) is 9.78 Å². The highest BCUT2D eigenvalue weighted by molar-refractivity contribution is 5.60. The quantitative estimate of drug-likeness (QED) is 0.778. The predicted octanol–water partition coefficient (Wildman–Crippen LogP) is 2.09. The molecule has 0 atom stereocenters. The van der Waals surface area contributed by atoms with Crippen molar-refractivity contribution in [2.45, 2.75) is 0 Å². The minimum absolute atomic E-state index is 0.530. The fraction of sp³-hybridized carbons (Fsp3) is 0. The van der Waals surface area contributed by atoms with E-state index in [0.29, 0.717) is 5.82 Å². The normalized spacial score (nSPS) is 10.9. The maximum Gasteiger partial charge on any atom is 0.145 e. The van der Waals surface area contributed by atoms with Gasteiger partial charge in [0.15, 0.2) is 0 Å². The van der Waals surface area contributed by atoms with Crippen LogP contribution >= 0.6 is 0 Å². The van der Waals surface area contributed by atoms with Gasteiger partial charge in [0, 0.05) is 18.5 Å². The van der Waals surface area contributed by atoms with Gasteiger partial charge < -0.3 is 5.73 Å². The van der Waals surface area contributed by atoms with Gasteiger partial charge in [0.1, 0.15) is 5.82 Å². The van der Waals surface area contributed by atoms with Crippen LogP contribution in [-0.2, 0) is 0 Å². The number of nitrogens with zero attached hydrogens (tertiary/aromatic N) is 2. The van der Waals surface area contributed by atoms with Crippen molar-refractivity contribution >= 4 is 18.1 Å². The van der Waals surface area contributed by atoms with Crippen molar-refractivity contribution in [2.24, 2.45) is 0 Å². The summed E-state index contributed by atoms with van der Waals surface area (Å²) < 4.78 is 1.68. The zero-order chi connectivity index (χ0) is 9.80. The SMILES string of the molecule is Nc1ccn(C=Cc2ccccc2)n1. The van der Waals surface area contributed by atoms with Gasteiger partial charge in [0.2, 0.25) is 0 Å². The Morgan fingerprint density at radius 2 is 1.93 bits per heavy atom. The summed E-state index contributed by atoms with van der Waals surface area (Å²) in [5.41, 5.74) is 6.62. The van der Waals surface area contributed by atoms with Gasteiger partial charge in [-0.05, 0) is 11.6 Å². The van der Waals surface area contributed by atoms with Gasteiger partial charge in [-0.2, -0.15) is 5.10 Å². The highest BCUT2D eigenvalue weighted by Crippen LogP contribution is 2.03. The molecule has 1 heterocycles. The Labute approximate surface area is 82.5 Å². The molecule has 1 aromatic heterocycles. The van der Waals surface area contributed by atoms with E-state index in [1.165, 1.54) is 0 Å². The summed E-state index contributed by atoms with van der Waals surface area (Å²) in [6, 6.07) is 11.8.